The van der Waals surface area contributed by atoms with Gasteiger partial charge < -0.3 is 15.0 Å². The SMILES string of the molecule is Cc1nc(C(=O)Nc2ccccc2OC(C)C)cc(N2CCCC(C)C2)n1. The van der Waals surface area contributed by atoms with Gasteiger partial charge in [0.05, 0.1) is 11.8 Å². The largest absolute Gasteiger partial charge is 0.489 e. The average Bonchev–Trinajstić information content (AvgIpc) is 2.62. The van der Waals surface area contributed by atoms with E-state index >= 15 is 0 Å². The molecule has 1 aliphatic rings. The lowest BCUT2D eigenvalue weighted by atomic mass is 10.0. The van der Waals surface area contributed by atoms with Gasteiger partial charge in [0.2, 0.25) is 0 Å². The van der Waals surface area contributed by atoms with E-state index in [1.165, 1.54) is 6.42 Å². The van der Waals surface area contributed by atoms with Crippen LogP contribution in [0, 0.1) is 12.8 Å². The van der Waals surface area contributed by atoms with Crippen molar-refractivity contribution in [2.45, 2.75) is 46.6 Å². The molecule has 0 radical (unpaired) electrons. The second-order valence-corrected chi connectivity index (χ2v) is 7.47. The first-order chi connectivity index (χ1) is 12.9. The highest BCUT2D eigenvalue weighted by atomic mass is 16.5. The minimum absolute atomic E-state index is 0.0250. The lowest BCUT2D eigenvalue weighted by Crippen LogP contribution is -2.35. The zero-order valence-corrected chi connectivity index (χ0v) is 16.5. The van der Waals surface area contributed by atoms with E-state index in [1.54, 1.807) is 6.07 Å². The summed E-state index contributed by atoms with van der Waals surface area (Å²) in [6.07, 6.45) is 2.41. The van der Waals surface area contributed by atoms with E-state index in [0.717, 1.165) is 25.3 Å². The fourth-order valence-electron chi connectivity index (χ4n) is 3.34. The number of para-hydroxylation sites is 2. The van der Waals surface area contributed by atoms with E-state index < -0.39 is 0 Å². The Balaban J connectivity index is 1.81. The van der Waals surface area contributed by atoms with Gasteiger partial charge in [-0.25, -0.2) is 9.97 Å². The topological polar surface area (TPSA) is 67.3 Å². The minimum Gasteiger partial charge on any atom is -0.489 e. The first kappa shape index (κ1) is 19.1. The van der Waals surface area contributed by atoms with Crippen molar-refractivity contribution in [1.29, 1.82) is 0 Å². The van der Waals surface area contributed by atoms with Crippen molar-refractivity contribution in [2.75, 3.05) is 23.3 Å². The van der Waals surface area contributed by atoms with Crippen LogP contribution >= 0.6 is 0 Å². The Morgan fingerprint density at radius 2 is 2.07 bits per heavy atom. The molecule has 27 heavy (non-hydrogen) atoms. The van der Waals surface area contributed by atoms with Crippen molar-refractivity contribution in [3.05, 3.63) is 41.9 Å². The van der Waals surface area contributed by atoms with Crippen LogP contribution in [-0.2, 0) is 0 Å². The van der Waals surface area contributed by atoms with Crippen molar-refractivity contribution in [2.24, 2.45) is 5.92 Å². The molecule has 1 atom stereocenters. The van der Waals surface area contributed by atoms with Gasteiger partial charge in [-0.05, 0) is 51.7 Å². The van der Waals surface area contributed by atoms with Gasteiger partial charge >= 0.3 is 0 Å². The molecule has 2 aromatic rings. The molecule has 1 aromatic heterocycles. The van der Waals surface area contributed by atoms with Crippen molar-refractivity contribution < 1.29 is 9.53 Å². The Hall–Kier alpha value is -2.63. The quantitative estimate of drug-likeness (QED) is 0.862. The molecular formula is C21H28N4O2. The van der Waals surface area contributed by atoms with Crippen molar-refractivity contribution >= 4 is 17.4 Å². The van der Waals surface area contributed by atoms with Gasteiger partial charge in [0, 0.05) is 19.2 Å². The summed E-state index contributed by atoms with van der Waals surface area (Å²) in [7, 11) is 0. The van der Waals surface area contributed by atoms with Crippen LogP contribution in [0.1, 0.15) is 49.9 Å². The van der Waals surface area contributed by atoms with Crippen molar-refractivity contribution in [3.63, 3.8) is 0 Å². The van der Waals surface area contributed by atoms with Crippen molar-refractivity contribution in [1.82, 2.24) is 9.97 Å². The second kappa shape index (κ2) is 8.37. The fraction of sp³-hybridized carbons (Fsp3) is 0.476. The zero-order valence-electron chi connectivity index (χ0n) is 16.5. The lowest BCUT2D eigenvalue weighted by molar-refractivity contribution is 0.102. The molecule has 1 aliphatic heterocycles. The van der Waals surface area contributed by atoms with E-state index in [2.05, 4.69) is 27.1 Å². The molecule has 1 unspecified atom stereocenters. The lowest BCUT2D eigenvalue weighted by Gasteiger charge is -2.32. The van der Waals surface area contributed by atoms with Gasteiger partial charge in [-0.15, -0.1) is 0 Å². The highest BCUT2D eigenvalue weighted by molar-refractivity contribution is 6.04. The van der Waals surface area contributed by atoms with Gasteiger partial charge in [-0.2, -0.15) is 0 Å². The smallest absolute Gasteiger partial charge is 0.274 e. The summed E-state index contributed by atoms with van der Waals surface area (Å²) in [6.45, 7) is 9.91. The van der Waals surface area contributed by atoms with Crippen LogP contribution in [0.25, 0.3) is 0 Å². The molecule has 1 fully saturated rings. The molecule has 1 N–H and O–H groups in total. The molecule has 1 saturated heterocycles. The molecule has 2 heterocycles. The molecule has 1 aromatic carbocycles. The Morgan fingerprint density at radius 3 is 2.81 bits per heavy atom. The number of anilines is 2. The molecule has 0 aliphatic carbocycles. The molecule has 144 valence electrons. The molecule has 6 heteroatoms. The normalized spacial score (nSPS) is 17.1. The number of piperidine rings is 1. The Bertz CT molecular complexity index is 807. The predicted octanol–water partition coefficient (Wildman–Crippen LogP) is 4.06. The summed E-state index contributed by atoms with van der Waals surface area (Å²) >= 11 is 0. The van der Waals surface area contributed by atoms with Gasteiger partial charge in [0.15, 0.2) is 0 Å². The second-order valence-electron chi connectivity index (χ2n) is 7.47. The highest BCUT2D eigenvalue weighted by Gasteiger charge is 2.20. The van der Waals surface area contributed by atoms with E-state index in [-0.39, 0.29) is 12.0 Å². The Labute approximate surface area is 161 Å². The summed E-state index contributed by atoms with van der Waals surface area (Å²) in [5, 5.41) is 2.93. The number of hydrogen-bond donors (Lipinski definition) is 1. The van der Waals surface area contributed by atoms with Crippen LogP contribution in [0.3, 0.4) is 0 Å². The maximum Gasteiger partial charge on any atom is 0.274 e. The fourth-order valence-corrected chi connectivity index (χ4v) is 3.34. The Kier molecular flexibility index (Phi) is 5.94. The molecule has 3 rings (SSSR count). The van der Waals surface area contributed by atoms with Gasteiger partial charge in [-0.1, -0.05) is 19.1 Å². The number of rotatable bonds is 5. The first-order valence-corrected chi connectivity index (χ1v) is 9.60. The third-order valence-corrected chi connectivity index (χ3v) is 4.54. The number of ether oxygens (including phenoxy) is 1. The number of aromatic nitrogens is 2. The molecule has 1 amide bonds. The van der Waals surface area contributed by atoms with Crippen LogP contribution in [-0.4, -0.2) is 35.1 Å². The number of nitrogens with zero attached hydrogens (tertiary/aromatic N) is 3. The number of nitrogens with one attached hydrogen (secondary N) is 1. The number of carbonyl (C=O) groups is 1. The molecule has 6 nitrogen and oxygen atoms in total. The van der Waals surface area contributed by atoms with Crippen LogP contribution in [0.5, 0.6) is 5.75 Å². The maximum absolute atomic E-state index is 12.8. The first-order valence-electron chi connectivity index (χ1n) is 9.60. The monoisotopic (exact) mass is 368 g/mol. The summed E-state index contributed by atoms with van der Waals surface area (Å²) in [5.74, 6) is 2.45. The summed E-state index contributed by atoms with van der Waals surface area (Å²) in [4.78, 5) is 24.0. The summed E-state index contributed by atoms with van der Waals surface area (Å²) in [6, 6.07) is 9.22. The van der Waals surface area contributed by atoms with Crippen molar-refractivity contribution in [3.8, 4) is 5.75 Å². The Morgan fingerprint density at radius 1 is 1.30 bits per heavy atom. The third-order valence-electron chi connectivity index (χ3n) is 4.54. The van der Waals surface area contributed by atoms with E-state index in [1.807, 2.05) is 45.0 Å². The maximum atomic E-state index is 12.8. The molecular weight excluding hydrogens is 340 g/mol. The number of carbonyl (C=O) groups excluding carboxylic acids is 1. The van der Waals surface area contributed by atoms with Gasteiger partial charge in [0.1, 0.15) is 23.1 Å². The predicted molar refractivity (Wildman–Crippen MR) is 108 cm³/mol. The number of hydrogen-bond acceptors (Lipinski definition) is 5. The minimum atomic E-state index is -0.258. The van der Waals surface area contributed by atoms with Crippen LogP contribution < -0.4 is 15.0 Å². The number of amides is 1. The zero-order chi connectivity index (χ0) is 19.4. The van der Waals surface area contributed by atoms with Crippen LogP contribution in [0.15, 0.2) is 30.3 Å². The van der Waals surface area contributed by atoms with E-state index in [9.17, 15) is 4.79 Å². The van der Waals surface area contributed by atoms with Gasteiger partial charge in [-0.3, -0.25) is 4.79 Å². The molecule has 0 spiro atoms. The highest BCUT2D eigenvalue weighted by Crippen LogP contribution is 2.26. The van der Waals surface area contributed by atoms with Crippen LogP contribution in [0.2, 0.25) is 0 Å². The molecule has 0 saturated carbocycles. The summed E-state index contributed by atoms with van der Waals surface area (Å²) < 4.78 is 5.78. The van der Waals surface area contributed by atoms with E-state index in [4.69, 9.17) is 4.74 Å². The third kappa shape index (κ3) is 4.96. The standard InChI is InChI=1S/C21H28N4O2/c1-14(2)27-19-10-6-5-9-17(19)24-21(26)18-12-20(23-16(4)22-18)25-11-7-8-15(3)13-25/h5-6,9-10,12,14-15H,7-8,11,13H2,1-4H3,(H,24,26). The van der Waals surface area contributed by atoms with Gasteiger partial charge in [0.25, 0.3) is 5.91 Å². The summed E-state index contributed by atoms with van der Waals surface area (Å²) in [5.41, 5.74) is 1.01. The number of aryl methyl sites for hydroxylation is 1. The number of benzene rings is 1. The van der Waals surface area contributed by atoms with Crippen LogP contribution in [0.4, 0.5) is 11.5 Å². The average molecular weight is 368 g/mol. The molecule has 0 bridgehead atoms. The van der Waals surface area contributed by atoms with E-state index in [0.29, 0.717) is 28.9 Å².